The summed E-state index contributed by atoms with van der Waals surface area (Å²) < 4.78 is 1.41. The highest BCUT2D eigenvalue weighted by atomic mass is 79.9. The van der Waals surface area contributed by atoms with Crippen molar-refractivity contribution in [3.63, 3.8) is 0 Å². The molecule has 0 saturated carbocycles. The smallest absolute Gasteiger partial charge is 0.143 e. The van der Waals surface area contributed by atoms with Crippen LogP contribution in [0.5, 0.6) is 5.75 Å². The van der Waals surface area contributed by atoms with Gasteiger partial charge in [-0.15, -0.1) is 0 Å². The molecule has 0 radical (unpaired) electrons. The van der Waals surface area contributed by atoms with Crippen LogP contribution in [-0.4, -0.2) is 11.3 Å². The second-order valence-corrected chi connectivity index (χ2v) is 6.10. The minimum Gasteiger partial charge on any atom is -0.506 e. The van der Waals surface area contributed by atoms with Gasteiger partial charge in [-0.05, 0) is 34.1 Å². The zero-order valence-corrected chi connectivity index (χ0v) is 14.1. The molecule has 0 heterocycles. The summed E-state index contributed by atoms with van der Waals surface area (Å²) in [5.41, 5.74) is 1.40. The average Bonchev–Trinajstić information content (AvgIpc) is 2.41. The van der Waals surface area contributed by atoms with Gasteiger partial charge in [-0.2, -0.15) is 0 Å². The number of nitrogens with zero attached hydrogens (tertiary/aromatic N) is 1. The van der Waals surface area contributed by atoms with E-state index in [2.05, 4.69) is 37.0 Å². The van der Waals surface area contributed by atoms with Gasteiger partial charge in [0.1, 0.15) is 12.4 Å². The normalized spacial score (nSPS) is 10.9. The van der Waals surface area contributed by atoms with E-state index in [4.69, 9.17) is 16.4 Å². The number of aromatic hydroxyl groups is 1. The molecular formula is C14H10Br2ClNO2. The van der Waals surface area contributed by atoms with Crippen molar-refractivity contribution in [2.24, 2.45) is 5.16 Å². The van der Waals surface area contributed by atoms with Crippen LogP contribution in [0.25, 0.3) is 0 Å². The number of oxime groups is 1. The fraction of sp³-hybridized carbons (Fsp3) is 0.0714. The standard InChI is InChI=1S/C14H10Br2ClNO2/c15-11-5-10(14(19)12(16)6-11)7-18-20-8-9-3-1-2-4-13(9)17/h1-7,19H,8H2/b18-7+. The summed E-state index contributed by atoms with van der Waals surface area (Å²) in [6.45, 7) is 0.270. The second-order valence-electron chi connectivity index (χ2n) is 3.92. The Morgan fingerprint density at radius 2 is 2.00 bits per heavy atom. The molecule has 0 saturated heterocycles. The van der Waals surface area contributed by atoms with Gasteiger partial charge in [0.15, 0.2) is 0 Å². The number of phenols is 1. The van der Waals surface area contributed by atoms with E-state index >= 15 is 0 Å². The Morgan fingerprint density at radius 3 is 2.75 bits per heavy atom. The molecule has 2 aromatic carbocycles. The molecular weight excluding hydrogens is 409 g/mol. The molecule has 0 aromatic heterocycles. The maximum atomic E-state index is 9.85. The molecule has 20 heavy (non-hydrogen) atoms. The highest BCUT2D eigenvalue weighted by Crippen LogP contribution is 2.30. The third-order valence-electron chi connectivity index (χ3n) is 2.50. The SMILES string of the molecule is Oc1c(Br)cc(Br)cc1/C=N/OCc1ccccc1Cl. The van der Waals surface area contributed by atoms with Gasteiger partial charge >= 0.3 is 0 Å². The predicted molar refractivity (Wildman–Crippen MR) is 87.3 cm³/mol. The molecule has 0 aliphatic carbocycles. The number of rotatable bonds is 4. The van der Waals surface area contributed by atoms with Gasteiger partial charge in [-0.1, -0.05) is 50.9 Å². The van der Waals surface area contributed by atoms with Crippen LogP contribution in [0, 0.1) is 0 Å². The Morgan fingerprint density at radius 1 is 1.25 bits per heavy atom. The maximum absolute atomic E-state index is 9.85. The quantitative estimate of drug-likeness (QED) is 0.552. The van der Waals surface area contributed by atoms with Crippen LogP contribution in [0.2, 0.25) is 5.02 Å². The molecule has 0 amide bonds. The van der Waals surface area contributed by atoms with Gasteiger partial charge < -0.3 is 9.94 Å². The third-order valence-corrected chi connectivity index (χ3v) is 3.93. The van der Waals surface area contributed by atoms with Crippen LogP contribution in [0.1, 0.15) is 11.1 Å². The lowest BCUT2D eigenvalue weighted by atomic mass is 10.2. The Hall–Kier alpha value is -1.04. The second kappa shape index (κ2) is 7.11. The lowest BCUT2D eigenvalue weighted by Gasteiger charge is -2.04. The largest absolute Gasteiger partial charge is 0.506 e. The minimum atomic E-state index is 0.110. The summed E-state index contributed by atoms with van der Waals surface area (Å²) in [5, 5.41) is 14.3. The lowest BCUT2D eigenvalue weighted by molar-refractivity contribution is 0.132. The Kier molecular flexibility index (Phi) is 5.46. The number of phenolic OH excluding ortho intramolecular Hbond substituents is 1. The zero-order chi connectivity index (χ0) is 14.5. The third kappa shape index (κ3) is 3.98. The molecule has 0 aliphatic heterocycles. The van der Waals surface area contributed by atoms with Gasteiger partial charge in [0.25, 0.3) is 0 Å². The molecule has 1 N–H and O–H groups in total. The molecule has 0 unspecified atom stereocenters. The van der Waals surface area contributed by atoms with E-state index in [0.717, 1.165) is 10.0 Å². The van der Waals surface area contributed by atoms with Crippen molar-refractivity contribution < 1.29 is 9.94 Å². The number of hydrogen-bond acceptors (Lipinski definition) is 3. The molecule has 104 valence electrons. The van der Waals surface area contributed by atoms with Gasteiger partial charge in [-0.3, -0.25) is 0 Å². The first-order valence-electron chi connectivity index (χ1n) is 5.64. The highest BCUT2D eigenvalue weighted by Gasteiger charge is 2.05. The molecule has 6 heteroatoms. The number of hydrogen-bond donors (Lipinski definition) is 1. The van der Waals surface area contributed by atoms with E-state index in [1.54, 1.807) is 18.2 Å². The molecule has 3 nitrogen and oxygen atoms in total. The zero-order valence-electron chi connectivity index (χ0n) is 10.2. The lowest BCUT2D eigenvalue weighted by Crippen LogP contribution is -1.90. The summed E-state index contributed by atoms with van der Waals surface area (Å²) in [5.74, 6) is 0.110. The minimum absolute atomic E-state index is 0.110. The topological polar surface area (TPSA) is 41.8 Å². The Balaban J connectivity index is 2.03. The first-order chi connectivity index (χ1) is 9.58. The van der Waals surface area contributed by atoms with Crippen molar-refractivity contribution in [2.75, 3.05) is 0 Å². The maximum Gasteiger partial charge on any atom is 0.143 e. The van der Waals surface area contributed by atoms with Crippen LogP contribution >= 0.6 is 43.5 Å². The van der Waals surface area contributed by atoms with Gasteiger partial charge in [0, 0.05) is 20.6 Å². The fourth-order valence-electron chi connectivity index (χ4n) is 1.50. The van der Waals surface area contributed by atoms with Gasteiger partial charge in [0.2, 0.25) is 0 Å². The monoisotopic (exact) mass is 417 g/mol. The van der Waals surface area contributed by atoms with E-state index in [1.165, 1.54) is 6.21 Å². The van der Waals surface area contributed by atoms with E-state index in [-0.39, 0.29) is 12.4 Å². The predicted octanol–water partition coefficient (Wildman–Crippen LogP) is 5.12. The summed E-state index contributed by atoms with van der Waals surface area (Å²) >= 11 is 12.6. The van der Waals surface area contributed by atoms with Crippen molar-refractivity contribution in [3.8, 4) is 5.75 Å². The van der Waals surface area contributed by atoms with E-state index in [0.29, 0.717) is 15.1 Å². The molecule has 0 fully saturated rings. The first kappa shape index (κ1) is 15.4. The molecule has 2 rings (SSSR count). The van der Waals surface area contributed by atoms with Crippen LogP contribution in [0.3, 0.4) is 0 Å². The number of benzene rings is 2. The summed E-state index contributed by atoms with van der Waals surface area (Å²) in [4.78, 5) is 5.18. The first-order valence-corrected chi connectivity index (χ1v) is 7.61. The van der Waals surface area contributed by atoms with Crippen LogP contribution < -0.4 is 0 Å². The summed E-state index contributed by atoms with van der Waals surface area (Å²) in [6, 6.07) is 10.9. The molecule has 0 spiro atoms. The van der Waals surface area contributed by atoms with Gasteiger partial charge in [0.05, 0.1) is 10.7 Å². The van der Waals surface area contributed by atoms with Crippen molar-refractivity contribution >= 4 is 49.7 Å². The Labute approximate surface area is 138 Å². The average molecular weight is 420 g/mol. The summed E-state index contributed by atoms with van der Waals surface area (Å²) in [7, 11) is 0. The molecule has 2 aromatic rings. The van der Waals surface area contributed by atoms with Crippen molar-refractivity contribution in [3.05, 3.63) is 61.5 Å². The van der Waals surface area contributed by atoms with Crippen molar-refractivity contribution in [2.45, 2.75) is 6.61 Å². The van der Waals surface area contributed by atoms with E-state index in [9.17, 15) is 5.11 Å². The molecule has 0 aliphatic rings. The Bertz CT molecular complexity index is 647. The van der Waals surface area contributed by atoms with Gasteiger partial charge in [-0.25, -0.2) is 0 Å². The van der Waals surface area contributed by atoms with Crippen molar-refractivity contribution in [1.29, 1.82) is 0 Å². The van der Waals surface area contributed by atoms with Crippen LogP contribution in [0.15, 0.2) is 50.5 Å². The van der Waals surface area contributed by atoms with Crippen LogP contribution in [0.4, 0.5) is 0 Å². The fourth-order valence-corrected chi connectivity index (χ4v) is 2.95. The molecule has 0 atom stereocenters. The number of halogens is 3. The summed E-state index contributed by atoms with van der Waals surface area (Å²) in [6.07, 6.45) is 1.45. The highest BCUT2D eigenvalue weighted by molar-refractivity contribution is 9.11. The van der Waals surface area contributed by atoms with Crippen molar-refractivity contribution in [1.82, 2.24) is 0 Å². The molecule has 0 bridgehead atoms. The van der Waals surface area contributed by atoms with E-state index in [1.807, 2.05) is 18.2 Å². The van der Waals surface area contributed by atoms with Crippen LogP contribution in [-0.2, 0) is 11.4 Å². The van der Waals surface area contributed by atoms with E-state index < -0.39 is 0 Å².